The quantitative estimate of drug-likeness (QED) is 0.492. The Bertz CT molecular complexity index is 862. The van der Waals surface area contributed by atoms with Crippen molar-refractivity contribution in [3.05, 3.63) is 59.7 Å². The van der Waals surface area contributed by atoms with Crippen LogP contribution < -0.4 is 0 Å². The molecule has 2 aromatic carbocycles. The third-order valence-corrected chi connectivity index (χ3v) is 4.41. The molecular formula is C21H25N3O. The molecule has 0 spiro atoms. The van der Waals surface area contributed by atoms with Gasteiger partial charge < -0.3 is 5.11 Å². The molecule has 0 aliphatic rings. The van der Waals surface area contributed by atoms with Crippen LogP contribution in [0.25, 0.3) is 16.7 Å². The molecule has 0 saturated carbocycles. The molecule has 1 N–H and O–H groups in total. The summed E-state index contributed by atoms with van der Waals surface area (Å²) in [5.74, 6) is 0.388. The molecule has 0 amide bonds. The smallest absolute Gasteiger partial charge is 0.146 e. The molecule has 25 heavy (non-hydrogen) atoms. The average Bonchev–Trinajstić information content (AvgIpc) is 3.04. The number of benzene rings is 2. The molecule has 1 atom stereocenters. The van der Waals surface area contributed by atoms with E-state index in [0.717, 1.165) is 28.6 Å². The minimum Gasteiger partial charge on any atom is -0.505 e. The molecule has 0 saturated heterocycles. The number of hydrogen-bond donors (Lipinski definition) is 1. The summed E-state index contributed by atoms with van der Waals surface area (Å²) in [5, 5.41) is 19.8. The monoisotopic (exact) mass is 335 g/mol. The van der Waals surface area contributed by atoms with Crippen LogP contribution in [0.15, 0.2) is 48.6 Å². The van der Waals surface area contributed by atoms with Crippen LogP contribution in [0, 0.1) is 6.92 Å². The highest BCUT2D eigenvalue weighted by atomic mass is 16.3. The van der Waals surface area contributed by atoms with Crippen molar-refractivity contribution in [3.8, 4) is 11.4 Å². The van der Waals surface area contributed by atoms with Gasteiger partial charge in [0.1, 0.15) is 22.5 Å². The van der Waals surface area contributed by atoms with Crippen LogP contribution in [0.1, 0.15) is 50.2 Å². The second-order valence-corrected chi connectivity index (χ2v) is 6.56. The summed E-state index contributed by atoms with van der Waals surface area (Å²) < 4.78 is 0. The number of phenolic OH excluding ortho intramolecular Hbond substituents is 1. The Hall–Kier alpha value is -2.62. The number of nitrogens with zero attached hydrogens (tertiary/aromatic N) is 3. The summed E-state index contributed by atoms with van der Waals surface area (Å²) in [4.78, 5) is 1.53. The van der Waals surface area contributed by atoms with E-state index in [9.17, 15) is 5.11 Å². The lowest BCUT2D eigenvalue weighted by Crippen LogP contribution is -2.03. The summed E-state index contributed by atoms with van der Waals surface area (Å²) in [7, 11) is 0. The molecule has 1 unspecified atom stereocenters. The molecule has 4 nitrogen and oxygen atoms in total. The van der Waals surface area contributed by atoms with Gasteiger partial charge in [-0.2, -0.15) is 0 Å². The molecule has 0 aliphatic carbocycles. The topological polar surface area (TPSA) is 50.9 Å². The van der Waals surface area contributed by atoms with Crippen molar-refractivity contribution in [3.63, 3.8) is 0 Å². The van der Waals surface area contributed by atoms with Crippen molar-refractivity contribution in [2.24, 2.45) is 0 Å². The van der Waals surface area contributed by atoms with Gasteiger partial charge in [-0.1, -0.05) is 57.0 Å². The summed E-state index contributed by atoms with van der Waals surface area (Å²) in [5.41, 5.74) is 4.25. The van der Waals surface area contributed by atoms with Crippen LogP contribution in [0.4, 0.5) is 0 Å². The lowest BCUT2D eigenvalue weighted by Gasteiger charge is -2.14. The van der Waals surface area contributed by atoms with Crippen molar-refractivity contribution in [1.29, 1.82) is 0 Å². The summed E-state index contributed by atoms with van der Waals surface area (Å²) in [6.45, 7) is 6.33. The predicted octanol–water partition coefficient (Wildman–Crippen LogP) is 5.28. The average molecular weight is 335 g/mol. The van der Waals surface area contributed by atoms with E-state index in [1.807, 2.05) is 43.3 Å². The molecule has 1 heterocycles. The van der Waals surface area contributed by atoms with Gasteiger partial charge in [0.05, 0.1) is 0 Å². The molecule has 3 aromatic rings. The maximum absolute atomic E-state index is 10.8. The molecule has 130 valence electrons. The highest BCUT2D eigenvalue weighted by Crippen LogP contribution is 2.33. The number of aryl methyl sites for hydroxylation is 1. The largest absolute Gasteiger partial charge is 0.505 e. The van der Waals surface area contributed by atoms with Gasteiger partial charge in [0.15, 0.2) is 0 Å². The Morgan fingerprint density at radius 2 is 1.84 bits per heavy atom. The molecular weight excluding hydrogens is 310 g/mol. The zero-order valence-corrected chi connectivity index (χ0v) is 15.1. The lowest BCUT2D eigenvalue weighted by atomic mass is 9.96. The number of hydrogen-bond acceptors (Lipinski definition) is 3. The summed E-state index contributed by atoms with van der Waals surface area (Å²) >= 11 is 0. The predicted molar refractivity (Wildman–Crippen MR) is 102 cm³/mol. The van der Waals surface area contributed by atoms with Crippen LogP contribution in [0.5, 0.6) is 5.75 Å². The first-order valence-electron chi connectivity index (χ1n) is 8.92. The van der Waals surface area contributed by atoms with Crippen LogP contribution in [-0.4, -0.2) is 20.1 Å². The fourth-order valence-corrected chi connectivity index (χ4v) is 2.98. The molecule has 0 radical (unpaired) electrons. The maximum atomic E-state index is 10.8. The number of unbranched alkanes of at least 4 members (excludes halogenated alkanes) is 2. The van der Waals surface area contributed by atoms with Crippen LogP contribution >= 0.6 is 0 Å². The number of phenols is 1. The van der Waals surface area contributed by atoms with Gasteiger partial charge in [0, 0.05) is 11.5 Å². The van der Waals surface area contributed by atoms with E-state index < -0.39 is 0 Å². The second kappa shape index (κ2) is 7.51. The van der Waals surface area contributed by atoms with Crippen molar-refractivity contribution in [2.75, 3.05) is 0 Å². The third kappa shape index (κ3) is 3.73. The fourth-order valence-electron chi connectivity index (χ4n) is 2.98. The summed E-state index contributed by atoms with van der Waals surface area (Å²) in [6, 6.07) is 11.7. The molecule has 0 aliphatic heterocycles. The number of fused-ring (bicyclic) bond motifs is 1. The van der Waals surface area contributed by atoms with E-state index in [-0.39, 0.29) is 11.7 Å². The minimum atomic E-state index is 0.139. The highest BCUT2D eigenvalue weighted by molar-refractivity contribution is 5.73. The summed E-state index contributed by atoms with van der Waals surface area (Å²) in [6.07, 6.45) is 7.83. The maximum Gasteiger partial charge on any atom is 0.146 e. The molecule has 1 aromatic heterocycles. The van der Waals surface area contributed by atoms with E-state index >= 15 is 0 Å². The van der Waals surface area contributed by atoms with Crippen LogP contribution in [-0.2, 0) is 0 Å². The van der Waals surface area contributed by atoms with E-state index in [0.29, 0.717) is 5.69 Å². The SMILES string of the molecule is CCCC/C=C/C(C)c1cc(C)cc(-n2nc3ccccc3n2)c1O. The van der Waals surface area contributed by atoms with Gasteiger partial charge in [0.2, 0.25) is 0 Å². The Kier molecular flexibility index (Phi) is 5.17. The first kappa shape index (κ1) is 17.2. The Morgan fingerprint density at radius 1 is 1.16 bits per heavy atom. The van der Waals surface area contributed by atoms with E-state index in [1.165, 1.54) is 17.6 Å². The van der Waals surface area contributed by atoms with E-state index in [4.69, 9.17) is 0 Å². The first-order chi connectivity index (χ1) is 12.1. The van der Waals surface area contributed by atoms with Crippen molar-refractivity contribution >= 4 is 11.0 Å². The zero-order valence-electron chi connectivity index (χ0n) is 15.1. The minimum absolute atomic E-state index is 0.139. The van der Waals surface area contributed by atoms with E-state index in [2.05, 4.69) is 36.2 Å². The number of rotatable bonds is 6. The van der Waals surface area contributed by atoms with Gasteiger partial charge in [0.25, 0.3) is 0 Å². The van der Waals surface area contributed by atoms with E-state index in [1.54, 1.807) is 0 Å². The van der Waals surface area contributed by atoms with Crippen molar-refractivity contribution in [1.82, 2.24) is 15.0 Å². The number of aromatic hydroxyl groups is 1. The highest BCUT2D eigenvalue weighted by Gasteiger charge is 2.16. The molecule has 0 fully saturated rings. The Labute approximate surface area is 148 Å². The first-order valence-corrected chi connectivity index (χ1v) is 8.92. The lowest BCUT2D eigenvalue weighted by molar-refractivity contribution is 0.459. The standard InChI is InChI=1S/C21H25N3O/c1-4-5-6-7-10-16(3)17-13-15(2)14-20(21(17)25)24-22-18-11-8-9-12-19(18)23-24/h7-14,16,25H,4-6H2,1-3H3/b10-7+. The molecule has 4 heteroatoms. The van der Waals surface area contributed by atoms with Gasteiger partial charge in [-0.05, 0) is 37.1 Å². The van der Waals surface area contributed by atoms with Crippen LogP contribution in [0.3, 0.4) is 0 Å². The van der Waals surface area contributed by atoms with Gasteiger partial charge in [-0.25, -0.2) is 0 Å². The number of allylic oxidation sites excluding steroid dienone is 2. The molecule has 0 bridgehead atoms. The third-order valence-electron chi connectivity index (χ3n) is 4.41. The molecule has 3 rings (SSSR count). The van der Waals surface area contributed by atoms with Crippen molar-refractivity contribution in [2.45, 2.75) is 46.0 Å². The van der Waals surface area contributed by atoms with Crippen LogP contribution in [0.2, 0.25) is 0 Å². The van der Waals surface area contributed by atoms with Crippen molar-refractivity contribution < 1.29 is 5.11 Å². The normalized spacial score (nSPS) is 12.9. The zero-order chi connectivity index (χ0) is 17.8. The Morgan fingerprint density at radius 3 is 2.48 bits per heavy atom. The van der Waals surface area contributed by atoms with Gasteiger partial charge in [-0.15, -0.1) is 15.0 Å². The Balaban J connectivity index is 1.98. The second-order valence-electron chi connectivity index (χ2n) is 6.56. The van der Waals surface area contributed by atoms with Gasteiger partial charge in [-0.3, -0.25) is 0 Å². The number of aromatic nitrogens is 3. The van der Waals surface area contributed by atoms with Gasteiger partial charge >= 0.3 is 0 Å². The fraction of sp³-hybridized carbons (Fsp3) is 0.333.